The Bertz CT molecular complexity index is 130. The van der Waals surface area contributed by atoms with Crippen molar-refractivity contribution in [3.8, 4) is 0 Å². The minimum Gasteiger partial charge on any atom is -0.329 e. The van der Waals surface area contributed by atoms with Gasteiger partial charge in [0, 0.05) is 39.0 Å². The maximum atomic E-state index is 12.6. The van der Waals surface area contributed by atoms with Crippen LogP contribution in [0.25, 0.3) is 0 Å². The molecule has 1 aliphatic heterocycles. The van der Waals surface area contributed by atoms with Crippen LogP contribution in [0, 0.1) is 0 Å². The zero-order chi connectivity index (χ0) is 11.0. The number of halogens is 2. The molecule has 0 bridgehead atoms. The number of likely N-dealkylation sites (tertiary alicyclic amines) is 1. The van der Waals surface area contributed by atoms with Crippen LogP contribution in [-0.2, 0) is 0 Å². The molecule has 1 heterocycles. The largest absolute Gasteiger partial charge is 0.329 e. The summed E-state index contributed by atoms with van der Waals surface area (Å²) in [6.07, 6.45) is 1.24. The van der Waals surface area contributed by atoms with Gasteiger partial charge in [-0.25, -0.2) is 8.78 Å². The molecular weight excluding hydrogens is 186 g/mol. The maximum Gasteiger partial charge on any atom is 0.250 e. The molecule has 0 aromatic heterocycles. The van der Waals surface area contributed by atoms with E-state index in [-0.39, 0.29) is 12.8 Å². The van der Waals surface area contributed by atoms with Gasteiger partial charge in [0.25, 0.3) is 5.92 Å². The monoisotopic (exact) mass is 208 g/mol. The third kappa shape index (κ3) is 6.27. The molecule has 0 aliphatic carbocycles. The summed E-state index contributed by atoms with van der Waals surface area (Å²) in [6, 6.07) is 0. The van der Waals surface area contributed by atoms with Gasteiger partial charge in [-0.2, -0.15) is 0 Å². The minimum absolute atomic E-state index is 0.00694. The normalized spacial score (nSPS) is 21.2. The van der Waals surface area contributed by atoms with Gasteiger partial charge in [-0.05, 0) is 0 Å². The third-order valence-corrected chi connectivity index (χ3v) is 2.03. The molecule has 1 fully saturated rings. The molecule has 0 unspecified atom stereocenters. The van der Waals surface area contributed by atoms with Crippen LogP contribution in [-0.4, -0.2) is 37.0 Å². The molecule has 1 rings (SSSR count). The van der Waals surface area contributed by atoms with E-state index in [9.17, 15) is 8.78 Å². The van der Waals surface area contributed by atoms with E-state index in [1.807, 2.05) is 4.90 Å². The van der Waals surface area contributed by atoms with E-state index in [4.69, 9.17) is 5.73 Å². The van der Waals surface area contributed by atoms with Crippen LogP contribution in [0.15, 0.2) is 0 Å². The molecule has 2 nitrogen and oxygen atoms in total. The first-order valence-electron chi connectivity index (χ1n) is 5.36. The first-order chi connectivity index (χ1) is 6.55. The van der Waals surface area contributed by atoms with Gasteiger partial charge in [-0.1, -0.05) is 20.3 Å². The van der Waals surface area contributed by atoms with Crippen molar-refractivity contribution in [2.24, 2.45) is 5.73 Å². The van der Waals surface area contributed by atoms with Gasteiger partial charge in [-0.3, -0.25) is 0 Å². The summed E-state index contributed by atoms with van der Waals surface area (Å²) in [5.74, 6) is -2.43. The quantitative estimate of drug-likeness (QED) is 0.753. The van der Waals surface area contributed by atoms with Crippen molar-refractivity contribution < 1.29 is 8.78 Å². The van der Waals surface area contributed by atoms with Crippen LogP contribution < -0.4 is 5.73 Å². The number of hydrogen-bond acceptors (Lipinski definition) is 2. The summed E-state index contributed by atoms with van der Waals surface area (Å²) >= 11 is 0. The zero-order valence-corrected chi connectivity index (χ0v) is 9.23. The molecule has 4 heteroatoms. The van der Waals surface area contributed by atoms with Gasteiger partial charge in [0.1, 0.15) is 0 Å². The Balaban J connectivity index is 0.000000500. The lowest BCUT2D eigenvalue weighted by Crippen LogP contribution is -2.41. The number of hydrogen-bond donors (Lipinski definition) is 1. The maximum absolute atomic E-state index is 12.6. The Labute approximate surface area is 85.5 Å². The van der Waals surface area contributed by atoms with Crippen LogP contribution in [0.2, 0.25) is 0 Å². The van der Waals surface area contributed by atoms with Gasteiger partial charge < -0.3 is 10.6 Å². The highest BCUT2D eigenvalue weighted by atomic mass is 19.3. The van der Waals surface area contributed by atoms with E-state index in [1.54, 1.807) is 0 Å². The Morgan fingerprint density at radius 2 is 1.64 bits per heavy atom. The van der Waals surface area contributed by atoms with Crippen LogP contribution in [0.4, 0.5) is 8.78 Å². The fourth-order valence-electron chi connectivity index (χ4n) is 1.29. The Morgan fingerprint density at radius 3 is 2.00 bits per heavy atom. The SMILES string of the molecule is CCC.NCCN1CCC(F)(F)CC1. The number of alkyl halides is 2. The molecule has 0 amide bonds. The highest BCUT2D eigenvalue weighted by Gasteiger charge is 2.33. The molecule has 2 N–H and O–H groups in total. The molecule has 0 spiro atoms. The second kappa shape index (κ2) is 7.12. The summed E-state index contributed by atoms with van der Waals surface area (Å²) in [7, 11) is 0. The fraction of sp³-hybridized carbons (Fsp3) is 1.00. The van der Waals surface area contributed by atoms with Crippen molar-refractivity contribution in [2.45, 2.75) is 39.0 Å². The van der Waals surface area contributed by atoms with Crippen LogP contribution in [0.3, 0.4) is 0 Å². The molecular formula is C10H22F2N2. The average molecular weight is 208 g/mol. The van der Waals surface area contributed by atoms with Gasteiger partial charge in [-0.15, -0.1) is 0 Å². The minimum atomic E-state index is -2.43. The Hall–Kier alpha value is -0.220. The molecule has 86 valence electrons. The van der Waals surface area contributed by atoms with Gasteiger partial charge >= 0.3 is 0 Å². The molecule has 0 aromatic carbocycles. The standard InChI is InChI=1S/C7H14F2N2.C3H8/c8-7(9)1-4-11(5-2-7)6-3-10;1-3-2/h1-6,10H2;3H2,1-2H3. The average Bonchev–Trinajstić information content (AvgIpc) is 2.10. The molecule has 0 saturated carbocycles. The third-order valence-electron chi connectivity index (χ3n) is 2.03. The first kappa shape index (κ1) is 13.8. The van der Waals surface area contributed by atoms with Gasteiger partial charge in [0.05, 0.1) is 0 Å². The summed E-state index contributed by atoms with van der Waals surface area (Å²) in [5.41, 5.74) is 5.30. The summed E-state index contributed by atoms with van der Waals surface area (Å²) < 4.78 is 25.1. The smallest absolute Gasteiger partial charge is 0.250 e. The zero-order valence-electron chi connectivity index (χ0n) is 9.23. The topological polar surface area (TPSA) is 29.3 Å². The van der Waals surface area contributed by atoms with E-state index in [2.05, 4.69) is 13.8 Å². The number of rotatable bonds is 2. The van der Waals surface area contributed by atoms with Gasteiger partial charge in [0.15, 0.2) is 0 Å². The van der Waals surface area contributed by atoms with E-state index in [1.165, 1.54) is 6.42 Å². The second-order valence-electron chi connectivity index (χ2n) is 3.69. The summed E-state index contributed by atoms with van der Waals surface area (Å²) in [5, 5.41) is 0. The fourth-order valence-corrected chi connectivity index (χ4v) is 1.29. The van der Waals surface area contributed by atoms with Crippen molar-refractivity contribution in [1.29, 1.82) is 0 Å². The number of nitrogens with two attached hydrogens (primary N) is 1. The predicted octanol–water partition coefficient (Wildman–Crippen LogP) is 2.09. The van der Waals surface area contributed by atoms with Crippen LogP contribution >= 0.6 is 0 Å². The van der Waals surface area contributed by atoms with Crippen molar-refractivity contribution in [1.82, 2.24) is 4.90 Å². The second-order valence-corrected chi connectivity index (χ2v) is 3.69. The Kier molecular flexibility index (Phi) is 7.01. The van der Waals surface area contributed by atoms with Crippen LogP contribution in [0.5, 0.6) is 0 Å². The van der Waals surface area contributed by atoms with E-state index >= 15 is 0 Å². The van der Waals surface area contributed by atoms with Crippen molar-refractivity contribution in [3.63, 3.8) is 0 Å². The lowest BCUT2D eigenvalue weighted by Gasteiger charge is -2.31. The lowest BCUT2D eigenvalue weighted by molar-refractivity contribution is -0.0544. The molecule has 1 aliphatic rings. The first-order valence-corrected chi connectivity index (χ1v) is 5.36. The molecule has 0 atom stereocenters. The summed E-state index contributed by atoms with van der Waals surface area (Å²) in [6.45, 7) is 6.54. The molecule has 14 heavy (non-hydrogen) atoms. The summed E-state index contributed by atoms with van der Waals surface area (Å²) in [4.78, 5) is 1.98. The van der Waals surface area contributed by atoms with Crippen LogP contribution in [0.1, 0.15) is 33.1 Å². The molecule has 1 saturated heterocycles. The highest BCUT2D eigenvalue weighted by Crippen LogP contribution is 2.27. The van der Waals surface area contributed by atoms with E-state index in [0.29, 0.717) is 19.6 Å². The van der Waals surface area contributed by atoms with Crippen molar-refractivity contribution in [3.05, 3.63) is 0 Å². The number of piperidine rings is 1. The molecule has 0 aromatic rings. The number of nitrogens with zero attached hydrogens (tertiary/aromatic N) is 1. The van der Waals surface area contributed by atoms with E-state index < -0.39 is 5.92 Å². The van der Waals surface area contributed by atoms with Crippen molar-refractivity contribution >= 4 is 0 Å². The predicted molar refractivity (Wildman–Crippen MR) is 55.6 cm³/mol. The van der Waals surface area contributed by atoms with Crippen molar-refractivity contribution in [2.75, 3.05) is 26.2 Å². The highest BCUT2D eigenvalue weighted by molar-refractivity contribution is 4.77. The van der Waals surface area contributed by atoms with Gasteiger partial charge in [0.2, 0.25) is 0 Å². The van der Waals surface area contributed by atoms with E-state index in [0.717, 1.165) is 6.54 Å². The lowest BCUT2D eigenvalue weighted by atomic mass is 10.1. The molecule has 0 radical (unpaired) electrons. The Morgan fingerprint density at radius 1 is 1.21 bits per heavy atom.